The molecule has 0 aliphatic carbocycles. The first-order valence-electron chi connectivity index (χ1n) is 6.69. The molecule has 6 heteroatoms. The van der Waals surface area contributed by atoms with Crippen LogP contribution in [0, 0.1) is 23.0 Å². The molecule has 1 atom stereocenters. The summed E-state index contributed by atoms with van der Waals surface area (Å²) in [6.45, 7) is 4.43. The summed E-state index contributed by atoms with van der Waals surface area (Å²) in [5, 5.41) is 13.4. The second-order valence-electron chi connectivity index (χ2n) is 5.03. The molecule has 0 aromatic heterocycles. The molecule has 20 heavy (non-hydrogen) atoms. The summed E-state index contributed by atoms with van der Waals surface area (Å²) >= 11 is 0. The molecule has 1 aromatic carbocycles. The van der Waals surface area contributed by atoms with E-state index in [9.17, 15) is 14.9 Å². The van der Waals surface area contributed by atoms with Crippen molar-refractivity contribution in [2.75, 3.05) is 11.9 Å². The number of rotatable bonds is 7. The fourth-order valence-electron chi connectivity index (χ4n) is 1.92. The Hall–Kier alpha value is -1.95. The van der Waals surface area contributed by atoms with E-state index in [2.05, 4.69) is 12.2 Å². The van der Waals surface area contributed by atoms with Crippen molar-refractivity contribution in [3.8, 4) is 0 Å². The number of carbonyl (C=O) groups excluding carboxylic acids is 1. The first kappa shape index (κ1) is 16.1. The first-order valence-corrected chi connectivity index (χ1v) is 6.69. The lowest BCUT2D eigenvalue weighted by Crippen LogP contribution is -2.14. The van der Waals surface area contributed by atoms with Gasteiger partial charge in [0, 0.05) is 24.2 Å². The van der Waals surface area contributed by atoms with E-state index in [4.69, 9.17) is 5.73 Å². The molecule has 6 nitrogen and oxygen atoms in total. The van der Waals surface area contributed by atoms with E-state index in [1.165, 1.54) is 12.1 Å². The van der Waals surface area contributed by atoms with E-state index >= 15 is 0 Å². The van der Waals surface area contributed by atoms with Gasteiger partial charge in [-0.05, 0) is 43.9 Å². The molecule has 0 fully saturated rings. The van der Waals surface area contributed by atoms with Crippen molar-refractivity contribution >= 4 is 17.3 Å². The van der Waals surface area contributed by atoms with Gasteiger partial charge >= 0.3 is 0 Å². The predicted octanol–water partition coefficient (Wildman–Crippen LogP) is 2.61. The number of hydrogen-bond acceptors (Lipinski definition) is 4. The van der Waals surface area contributed by atoms with Crippen LogP contribution >= 0.6 is 0 Å². The second-order valence-corrected chi connectivity index (χ2v) is 5.03. The Labute approximate surface area is 118 Å². The maximum Gasteiger partial charge on any atom is 0.269 e. The van der Waals surface area contributed by atoms with Gasteiger partial charge in [-0.15, -0.1) is 0 Å². The Morgan fingerprint density at radius 1 is 1.45 bits per heavy atom. The second kappa shape index (κ2) is 7.59. The molecule has 0 radical (unpaired) electrons. The third-order valence-electron chi connectivity index (χ3n) is 3.22. The summed E-state index contributed by atoms with van der Waals surface area (Å²) < 4.78 is 0. The highest BCUT2D eigenvalue weighted by molar-refractivity contribution is 5.91. The zero-order valence-electron chi connectivity index (χ0n) is 11.9. The fraction of sp³-hybridized carbons (Fsp3) is 0.500. The third kappa shape index (κ3) is 4.97. The number of nitrogens with two attached hydrogens (primary N) is 1. The zero-order chi connectivity index (χ0) is 15.1. The average molecular weight is 279 g/mol. The summed E-state index contributed by atoms with van der Waals surface area (Å²) in [6.07, 6.45) is 2.12. The minimum Gasteiger partial charge on any atom is -0.330 e. The van der Waals surface area contributed by atoms with Crippen molar-refractivity contribution in [3.05, 3.63) is 33.9 Å². The average Bonchev–Trinajstić information content (AvgIpc) is 2.39. The van der Waals surface area contributed by atoms with Gasteiger partial charge < -0.3 is 11.1 Å². The van der Waals surface area contributed by atoms with Crippen LogP contribution in [0.4, 0.5) is 11.4 Å². The largest absolute Gasteiger partial charge is 0.330 e. The molecule has 1 rings (SSSR count). The molecule has 1 amide bonds. The standard InChI is InChI=1S/C14H21N3O3/c1-10(7-8-15)3-6-14(18)16-13-5-4-12(17(19)20)9-11(13)2/h4-5,9-10H,3,6-8,15H2,1-2H3,(H,16,18). The van der Waals surface area contributed by atoms with Gasteiger partial charge in [0.2, 0.25) is 5.91 Å². The molecule has 0 heterocycles. The van der Waals surface area contributed by atoms with Crippen molar-refractivity contribution in [3.63, 3.8) is 0 Å². The third-order valence-corrected chi connectivity index (χ3v) is 3.22. The van der Waals surface area contributed by atoms with Crippen LogP contribution in [0.1, 0.15) is 31.7 Å². The number of anilines is 1. The molecule has 0 bridgehead atoms. The van der Waals surface area contributed by atoms with Crippen LogP contribution in [-0.2, 0) is 4.79 Å². The molecule has 0 spiro atoms. The lowest BCUT2D eigenvalue weighted by molar-refractivity contribution is -0.384. The normalized spacial score (nSPS) is 11.9. The lowest BCUT2D eigenvalue weighted by Gasteiger charge is -2.11. The van der Waals surface area contributed by atoms with Crippen LogP contribution in [0.2, 0.25) is 0 Å². The van der Waals surface area contributed by atoms with Crippen LogP contribution in [0.15, 0.2) is 18.2 Å². The number of amides is 1. The van der Waals surface area contributed by atoms with E-state index in [-0.39, 0.29) is 11.6 Å². The minimum atomic E-state index is -0.451. The van der Waals surface area contributed by atoms with Crippen molar-refractivity contribution in [1.29, 1.82) is 0 Å². The minimum absolute atomic E-state index is 0.0251. The van der Waals surface area contributed by atoms with E-state index in [0.29, 0.717) is 30.1 Å². The maximum atomic E-state index is 11.8. The number of non-ortho nitro benzene ring substituents is 1. The van der Waals surface area contributed by atoms with Crippen LogP contribution in [0.3, 0.4) is 0 Å². The van der Waals surface area contributed by atoms with E-state index < -0.39 is 4.92 Å². The van der Waals surface area contributed by atoms with Crippen molar-refractivity contribution in [1.82, 2.24) is 0 Å². The van der Waals surface area contributed by atoms with E-state index in [0.717, 1.165) is 12.8 Å². The van der Waals surface area contributed by atoms with Gasteiger partial charge in [-0.3, -0.25) is 14.9 Å². The van der Waals surface area contributed by atoms with Crippen molar-refractivity contribution < 1.29 is 9.72 Å². The van der Waals surface area contributed by atoms with Gasteiger partial charge in [0.1, 0.15) is 0 Å². The molecule has 110 valence electrons. The van der Waals surface area contributed by atoms with Gasteiger partial charge in [-0.25, -0.2) is 0 Å². The number of benzene rings is 1. The number of carbonyl (C=O) groups is 1. The van der Waals surface area contributed by atoms with E-state index in [1.807, 2.05) is 0 Å². The highest BCUT2D eigenvalue weighted by Crippen LogP contribution is 2.21. The van der Waals surface area contributed by atoms with Gasteiger partial charge in [-0.2, -0.15) is 0 Å². The number of nitrogens with one attached hydrogen (secondary N) is 1. The zero-order valence-corrected chi connectivity index (χ0v) is 11.9. The van der Waals surface area contributed by atoms with Gasteiger partial charge in [-0.1, -0.05) is 6.92 Å². The van der Waals surface area contributed by atoms with E-state index in [1.54, 1.807) is 13.0 Å². The van der Waals surface area contributed by atoms with Crippen LogP contribution in [-0.4, -0.2) is 17.4 Å². The van der Waals surface area contributed by atoms with Crippen molar-refractivity contribution in [2.45, 2.75) is 33.1 Å². The number of nitro benzene ring substituents is 1. The monoisotopic (exact) mass is 279 g/mol. The summed E-state index contributed by atoms with van der Waals surface area (Å²) in [6, 6.07) is 4.40. The molecular weight excluding hydrogens is 258 g/mol. The molecule has 1 unspecified atom stereocenters. The lowest BCUT2D eigenvalue weighted by atomic mass is 10.0. The van der Waals surface area contributed by atoms with Crippen LogP contribution in [0.5, 0.6) is 0 Å². The number of nitrogens with zero attached hydrogens (tertiary/aromatic N) is 1. The summed E-state index contributed by atoms with van der Waals surface area (Å²) in [5.41, 5.74) is 6.79. The van der Waals surface area contributed by atoms with Gasteiger partial charge in [0.15, 0.2) is 0 Å². The highest BCUT2D eigenvalue weighted by atomic mass is 16.6. The Morgan fingerprint density at radius 2 is 2.15 bits per heavy atom. The Kier molecular flexibility index (Phi) is 6.11. The summed E-state index contributed by atoms with van der Waals surface area (Å²) in [7, 11) is 0. The number of nitro groups is 1. The molecule has 3 N–H and O–H groups in total. The van der Waals surface area contributed by atoms with Crippen molar-refractivity contribution in [2.24, 2.45) is 11.7 Å². The molecule has 0 saturated carbocycles. The molecule has 0 saturated heterocycles. The number of aryl methyl sites for hydroxylation is 1. The number of hydrogen-bond donors (Lipinski definition) is 2. The highest BCUT2D eigenvalue weighted by Gasteiger charge is 2.11. The summed E-state index contributed by atoms with van der Waals surface area (Å²) in [4.78, 5) is 22.0. The molecular formula is C14H21N3O3. The first-order chi connectivity index (χ1) is 9.43. The quantitative estimate of drug-likeness (QED) is 0.592. The molecule has 0 aliphatic heterocycles. The SMILES string of the molecule is Cc1cc([N+](=O)[O-])ccc1NC(=O)CCC(C)CCN. The smallest absolute Gasteiger partial charge is 0.269 e. The topological polar surface area (TPSA) is 98.3 Å². The Balaban J connectivity index is 2.56. The Bertz CT molecular complexity index is 489. The van der Waals surface area contributed by atoms with Gasteiger partial charge in [0.05, 0.1) is 4.92 Å². The molecule has 0 aliphatic rings. The Morgan fingerprint density at radius 3 is 2.70 bits per heavy atom. The summed E-state index contributed by atoms with van der Waals surface area (Å²) in [5.74, 6) is 0.342. The van der Waals surface area contributed by atoms with Crippen LogP contribution in [0.25, 0.3) is 0 Å². The molecule has 1 aromatic rings. The van der Waals surface area contributed by atoms with Crippen LogP contribution < -0.4 is 11.1 Å². The maximum absolute atomic E-state index is 11.8. The van der Waals surface area contributed by atoms with Gasteiger partial charge in [0.25, 0.3) is 5.69 Å². The fourth-order valence-corrected chi connectivity index (χ4v) is 1.92. The predicted molar refractivity (Wildman–Crippen MR) is 78.5 cm³/mol.